The number of amides is 1. The van der Waals surface area contributed by atoms with E-state index < -0.39 is 23.4 Å². The van der Waals surface area contributed by atoms with Crippen LogP contribution >= 0.6 is 12.4 Å². The van der Waals surface area contributed by atoms with Crippen molar-refractivity contribution in [2.45, 2.75) is 19.5 Å². The number of esters is 1. The first-order valence-corrected chi connectivity index (χ1v) is 8.15. The second-order valence-corrected chi connectivity index (χ2v) is 5.49. The minimum atomic E-state index is -4.81. The van der Waals surface area contributed by atoms with E-state index in [0.29, 0.717) is 16.9 Å². The van der Waals surface area contributed by atoms with Crippen LogP contribution in [0.2, 0.25) is 0 Å². The number of carbonyl (C=O) groups excluding carboxylic acids is 2. The van der Waals surface area contributed by atoms with E-state index in [1.165, 1.54) is 31.2 Å². The van der Waals surface area contributed by atoms with Gasteiger partial charge in [0.05, 0.1) is 18.5 Å². The van der Waals surface area contributed by atoms with Crippen molar-refractivity contribution in [3.8, 4) is 5.69 Å². The maximum atomic E-state index is 13.5. The van der Waals surface area contributed by atoms with Gasteiger partial charge in [-0.2, -0.15) is 18.3 Å². The Kier molecular flexibility index (Phi) is 8.45. The van der Waals surface area contributed by atoms with Crippen LogP contribution in [0.5, 0.6) is 0 Å². The molecule has 2 rings (SSSR count). The lowest BCUT2D eigenvalue weighted by molar-refractivity contribution is -0.143. The van der Waals surface area contributed by atoms with Crippen molar-refractivity contribution in [3.05, 3.63) is 41.7 Å². The number of ether oxygens (including phenoxy) is 1. The summed E-state index contributed by atoms with van der Waals surface area (Å²) >= 11 is 0. The van der Waals surface area contributed by atoms with Gasteiger partial charge in [0.2, 0.25) is 5.91 Å². The standard InChI is InChI=1S/C17H19F3N4O3.ClH/c1-3-27-16(26)13-10-22-24(15(13)17(18,19)20)12-6-4-11(5-7-12)23-14(25)8-9-21-2;/h4-7,10,21H,3,8-9H2,1-2H3,(H,23,25);1H. The van der Waals surface area contributed by atoms with E-state index in [-0.39, 0.29) is 37.0 Å². The highest BCUT2D eigenvalue weighted by Crippen LogP contribution is 2.34. The highest BCUT2D eigenvalue weighted by atomic mass is 35.5. The van der Waals surface area contributed by atoms with Crippen LogP contribution < -0.4 is 10.6 Å². The lowest BCUT2D eigenvalue weighted by Gasteiger charge is -2.13. The molecule has 0 spiro atoms. The van der Waals surface area contributed by atoms with Crippen LogP contribution in [0.4, 0.5) is 18.9 Å². The van der Waals surface area contributed by atoms with Gasteiger partial charge in [-0.25, -0.2) is 9.48 Å². The average molecular weight is 421 g/mol. The van der Waals surface area contributed by atoms with E-state index >= 15 is 0 Å². The number of hydrogen-bond acceptors (Lipinski definition) is 5. The van der Waals surface area contributed by atoms with E-state index in [2.05, 4.69) is 20.5 Å². The van der Waals surface area contributed by atoms with E-state index in [1.54, 1.807) is 7.05 Å². The summed E-state index contributed by atoms with van der Waals surface area (Å²) in [6.45, 7) is 1.95. The first-order chi connectivity index (χ1) is 12.8. The summed E-state index contributed by atoms with van der Waals surface area (Å²) in [6.07, 6.45) is -3.72. The van der Waals surface area contributed by atoms with E-state index in [0.717, 1.165) is 6.20 Å². The van der Waals surface area contributed by atoms with E-state index in [4.69, 9.17) is 0 Å². The average Bonchev–Trinajstić information content (AvgIpc) is 3.06. The molecule has 0 radical (unpaired) electrons. The molecule has 0 atom stereocenters. The Morgan fingerprint density at radius 2 is 1.86 bits per heavy atom. The number of hydrogen-bond donors (Lipinski definition) is 2. The summed E-state index contributed by atoms with van der Waals surface area (Å²) in [5.41, 5.74) is -1.35. The fourth-order valence-electron chi connectivity index (χ4n) is 2.32. The third-order valence-electron chi connectivity index (χ3n) is 3.53. The SMILES string of the molecule is CCOC(=O)c1cnn(-c2ccc(NC(=O)CCNC)cc2)c1C(F)(F)F.Cl. The van der Waals surface area contributed by atoms with Crippen molar-refractivity contribution in [1.29, 1.82) is 0 Å². The molecule has 1 aromatic carbocycles. The predicted molar refractivity (Wildman–Crippen MR) is 98.9 cm³/mol. The summed E-state index contributed by atoms with van der Waals surface area (Å²) in [7, 11) is 1.72. The lowest BCUT2D eigenvalue weighted by atomic mass is 10.2. The number of anilines is 1. The molecule has 0 aliphatic heterocycles. The monoisotopic (exact) mass is 420 g/mol. The number of carbonyl (C=O) groups is 2. The lowest BCUT2D eigenvalue weighted by Crippen LogP contribution is -2.19. The predicted octanol–water partition coefficient (Wildman–Crippen LogP) is 3.04. The molecular formula is C17H20ClF3N4O3. The number of aromatic nitrogens is 2. The molecule has 2 N–H and O–H groups in total. The minimum Gasteiger partial charge on any atom is -0.462 e. The van der Waals surface area contributed by atoms with Crippen LogP contribution in [-0.2, 0) is 15.7 Å². The van der Waals surface area contributed by atoms with Crippen molar-refractivity contribution in [3.63, 3.8) is 0 Å². The summed E-state index contributed by atoms with van der Waals surface area (Å²) < 4.78 is 45.7. The molecule has 0 aliphatic rings. The molecule has 0 aliphatic carbocycles. The van der Waals surface area contributed by atoms with E-state index in [9.17, 15) is 22.8 Å². The Morgan fingerprint density at radius 3 is 2.39 bits per heavy atom. The fraction of sp³-hybridized carbons (Fsp3) is 0.353. The molecule has 11 heteroatoms. The second kappa shape index (κ2) is 10.1. The largest absolute Gasteiger partial charge is 0.462 e. The number of halogens is 4. The number of benzene rings is 1. The van der Waals surface area contributed by atoms with Gasteiger partial charge in [0, 0.05) is 18.7 Å². The first-order valence-electron chi connectivity index (χ1n) is 8.15. The Labute approximate surface area is 165 Å². The summed E-state index contributed by atoms with van der Waals surface area (Å²) in [4.78, 5) is 23.5. The Morgan fingerprint density at radius 1 is 1.21 bits per heavy atom. The van der Waals surface area contributed by atoms with Crippen LogP contribution in [0.15, 0.2) is 30.5 Å². The molecule has 0 fully saturated rings. The number of alkyl halides is 3. The van der Waals surface area contributed by atoms with Crippen molar-refractivity contribution in [2.75, 3.05) is 25.5 Å². The van der Waals surface area contributed by atoms with Gasteiger partial charge >= 0.3 is 12.1 Å². The Bertz CT molecular complexity index is 807. The van der Waals surface area contributed by atoms with Crippen LogP contribution in [0.3, 0.4) is 0 Å². The zero-order chi connectivity index (χ0) is 20.0. The third-order valence-corrected chi connectivity index (χ3v) is 3.53. The van der Waals surface area contributed by atoms with Gasteiger partial charge in [-0.3, -0.25) is 4.79 Å². The van der Waals surface area contributed by atoms with Gasteiger partial charge in [-0.1, -0.05) is 0 Å². The molecular weight excluding hydrogens is 401 g/mol. The number of rotatable bonds is 7. The number of nitrogens with one attached hydrogen (secondary N) is 2. The van der Waals surface area contributed by atoms with Gasteiger partial charge in [-0.05, 0) is 38.2 Å². The molecule has 1 aromatic heterocycles. The smallest absolute Gasteiger partial charge is 0.434 e. The third kappa shape index (κ3) is 5.70. The summed E-state index contributed by atoms with van der Waals surface area (Å²) in [6, 6.07) is 5.65. The molecule has 2 aromatic rings. The van der Waals surface area contributed by atoms with Crippen molar-refractivity contribution in [2.24, 2.45) is 0 Å². The highest BCUT2D eigenvalue weighted by Gasteiger charge is 2.41. The quantitative estimate of drug-likeness (QED) is 0.672. The molecule has 154 valence electrons. The molecule has 0 saturated heterocycles. The Hall–Kier alpha value is -2.59. The molecule has 0 unspecified atom stereocenters. The highest BCUT2D eigenvalue weighted by molar-refractivity contribution is 5.91. The zero-order valence-corrected chi connectivity index (χ0v) is 16.0. The van der Waals surface area contributed by atoms with Crippen molar-refractivity contribution in [1.82, 2.24) is 15.1 Å². The van der Waals surface area contributed by atoms with Gasteiger partial charge in [0.15, 0.2) is 5.69 Å². The van der Waals surface area contributed by atoms with E-state index in [1.807, 2.05) is 0 Å². The van der Waals surface area contributed by atoms with Gasteiger partial charge in [-0.15, -0.1) is 12.4 Å². The molecule has 1 heterocycles. The molecule has 0 saturated carbocycles. The minimum absolute atomic E-state index is 0. The van der Waals surface area contributed by atoms with Crippen LogP contribution in [0.25, 0.3) is 5.69 Å². The zero-order valence-electron chi connectivity index (χ0n) is 15.2. The molecule has 7 nitrogen and oxygen atoms in total. The van der Waals surface area contributed by atoms with Crippen LogP contribution in [-0.4, -0.2) is 41.9 Å². The van der Waals surface area contributed by atoms with Gasteiger partial charge < -0.3 is 15.4 Å². The summed E-state index contributed by atoms with van der Waals surface area (Å²) in [5, 5.41) is 9.16. The van der Waals surface area contributed by atoms with Crippen LogP contribution in [0, 0.1) is 0 Å². The fourth-order valence-corrected chi connectivity index (χ4v) is 2.32. The molecule has 1 amide bonds. The maximum absolute atomic E-state index is 13.5. The number of nitrogens with zero attached hydrogens (tertiary/aromatic N) is 2. The van der Waals surface area contributed by atoms with Gasteiger partial charge in [0.25, 0.3) is 0 Å². The molecule has 0 bridgehead atoms. The van der Waals surface area contributed by atoms with Crippen LogP contribution in [0.1, 0.15) is 29.4 Å². The van der Waals surface area contributed by atoms with Gasteiger partial charge in [0.1, 0.15) is 5.56 Å². The normalized spacial score (nSPS) is 10.9. The topological polar surface area (TPSA) is 85.2 Å². The first kappa shape index (κ1) is 23.4. The second-order valence-electron chi connectivity index (χ2n) is 5.49. The Balaban J connectivity index is 0.00000392. The maximum Gasteiger partial charge on any atom is 0.434 e. The van der Waals surface area contributed by atoms with Crippen molar-refractivity contribution >= 4 is 30.0 Å². The van der Waals surface area contributed by atoms with Crippen molar-refractivity contribution < 1.29 is 27.5 Å². The summed E-state index contributed by atoms with van der Waals surface area (Å²) in [5.74, 6) is -1.32. The molecule has 28 heavy (non-hydrogen) atoms.